The van der Waals surface area contributed by atoms with Crippen molar-refractivity contribution in [2.45, 2.75) is 25.3 Å². The lowest BCUT2D eigenvalue weighted by molar-refractivity contribution is 0.604. The second-order valence-corrected chi connectivity index (χ2v) is 6.60. The van der Waals surface area contributed by atoms with Gasteiger partial charge >= 0.3 is 0 Å². The molecule has 0 saturated heterocycles. The molecule has 0 saturated carbocycles. The molecule has 1 aliphatic carbocycles. The standard InChI is InChI=1S/C14H14BrFN2S/c15-9-6-11(17)13(7-10(9)16)18-12-2-1-3-14-8(12)4-5-19-14/h4-7,12,18H,1-3,17H2. The van der Waals surface area contributed by atoms with Crippen LogP contribution in [0.3, 0.4) is 0 Å². The number of aryl methyl sites for hydroxylation is 1. The Hall–Kier alpha value is -1.07. The second kappa shape index (κ2) is 5.13. The van der Waals surface area contributed by atoms with Crippen LogP contribution in [0.15, 0.2) is 28.1 Å². The van der Waals surface area contributed by atoms with Crippen molar-refractivity contribution in [1.82, 2.24) is 0 Å². The summed E-state index contributed by atoms with van der Waals surface area (Å²) in [5, 5.41) is 5.50. The van der Waals surface area contributed by atoms with E-state index < -0.39 is 0 Å². The summed E-state index contributed by atoms with van der Waals surface area (Å²) >= 11 is 4.94. The van der Waals surface area contributed by atoms with Gasteiger partial charge in [0.25, 0.3) is 0 Å². The first-order valence-corrected chi connectivity index (χ1v) is 7.89. The summed E-state index contributed by atoms with van der Waals surface area (Å²) < 4.78 is 14.0. The normalized spacial score (nSPS) is 18.1. The highest BCUT2D eigenvalue weighted by Gasteiger charge is 2.21. The zero-order chi connectivity index (χ0) is 13.4. The molecule has 3 rings (SSSR count). The van der Waals surface area contributed by atoms with Crippen molar-refractivity contribution in [2.24, 2.45) is 0 Å². The van der Waals surface area contributed by atoms with Gasteiger partial charge in [-0.2, -0.15) is 0 Å². The van der Waals surface area contributed by atoms with E-state index in [0.29, 0.717) is 15.8 Å². The lowest BCUT2D eigenvalue weighted by Gasteiger charge is -2.25. The van der Waals surface area contributed by atoms with Crippen LogP contribution in [0.25, 0.3) is 0 Å². The van der Waals surface area contributed by atoms with E-state index >= 15 is 0 Å². The van der Waals surface area contributed by atoms with Crippen molar-refractivity contribution in [3.63, 3.8) is 0 Å². The quantitative estimate of drug-likeness (QED) is 0.776. The van der Waals surface area contributed by atoms with E-state index in [-0.39, 0.29) is 11.9 Å². The van der Waals surface area contributed by atoms with Gasteiger partial charge in [0.1, 0.15) is 5.82 Å². The summed E-state index contributed by atoms with van der Waals surface area (Å²) in [5.74, 6) is -0.293. The maximum Gasteiger partial charge on any atom is 0.139 e. The van der Waals surface area contributed by atoms with Crippen molar-refractivity contribution >= 4 is 38.6 Å². The molecule has 0 bridgehead atoms. The molecule has 1 aromatic carbocycles. The topological polar surface area (TPSA) is 38.0 Å². The number of hydrogen-bond acceptors (Lipinski definition) is 3. The Morgan fingerprint density at radius 2 is 2.26 bits per heavy atom. The Morgan fingerprint density at radius 3 is 3.11 bits per heavy atom. The smallest absolute Gasteiger partial charge is 0.139 e. The molecule has 1 unspecified atom stereocenters. The SMILES string of the molecule is Nc1cc(Br)c(F)cc1NC1CCCc2sccc21. The van der Waals surface area contributed by atoms with Crippen LogP contribution >= 0.6 is 27.3 Å². The van der Waals surface area contributed by atoms with Gasteiger partial charge in [0, 0.05) is 10.9 Å². The van der Waals surface area contributed by atoms with E-state index in [4.69, 9.17) is 5.73 Å². The molecule has 1 aliphatic rings. The summed E-state index contributed by atoms with van der Waals surface area (Å²) in [7, 11) is 0. The zero-order valence-corrected chi connectivity index (χ0v) is 12.7. The minimum absolute atomic E-state index is 0.234. The molecule has 3 N–H and O–H groups in total. The van der Waals surface area contributed by atoms with E-state index in [1.54, 1.807) is 17.4 Å². The van der Waals surface area contributed by atoms with Crippen LogP contribution in [-0.4, -0.2) is 0 Å². The van der Waals surface area contributed by atoms with Crippen LogP contribution in [0.5, 0.6) is 0 Å². The molecule has 1 aromatic heterocycles. The molecule has 1 heterocycles. The van der Waals surface area contributed by atoms with E-state index in [0.717, 1.165) is 19.3 Å². The van der Waals surface area contributed by atoms with E-state index in [1.807, 2.05) is 0 Å². The highest BCUT2D eigenvalue weighted by Crippen LogP contribution is 2.37. The molecule has 100 valence electrons. The second-order valence-electron chi connectivity index (χ2n) is 4.74. The lowest BCUT2D eigenvalue weighted by Crippen LogP contribution is -2.16. The number of anilines is 2. The highest BCUT2D eigenvalue weighted by molar-refractivity contribution is 9.10. The van der Waals surface area contributed by atoms with Crippen molar-refractivity contribution in [3.8, 4) is 0 Å². The van der Waals surface area contributed by atoms with Crippen LogP contribution in [0.1, 0.15) is 29.3 Å². The molecule has 1 atom stereocenters. The van der Waals surface area contributed by atoms with Gasteiger partial charge < -0.3 is 11.1 Å². The Kier molecular flexibility index (Phi) is 3.50. The molecular formula is C14H14BrFN2S. The first-order chi connectivity index (χ1) is 9.15. The van der Waals surface area contributed by atoms with Gasteiger partial charge in [-0.25, -0.2) is 4.39 Å². The predicted molar refractivity (Wildman–Crippen MR) is 82.1 cm³/mol. The molecule has 5 heteroatoms. The molecule has 19 heavy (non-hydrogen) atoms. The summed E-state index contributed by atoms with van der Waals surface area (Å²) in [5.41, 5.74) is 8.52. The number of fused-ring (bicyclic) bond motifs is 1. The van der Waals surface area contributed by atoms with Crippen LogP contribution in [0, 0.1) is 5.82 Å². The largest absolute Gasteiger partial charge is 0.397 e. The van der Waals surface area contributed by atoms with Crippen molar-refractivity contribution in [3.05, 3.63) is 44.3 Å². The van der Waals surface area contributed by atoms with Crippen LogP contribution in [0.4, 0.5) is 15.8 Å². The number of hydrogen-bond donors (Lipinski definition) is 2. The average Bonchev–Trinajstić information content (AvgIpc) is 2.85. The summed E-state index contributed by atoms with van der Waals surface area (Å²) in [4.78, 5) is 1.43. The monoisotopic (exact) mass is 340 g/mol. The Morgan fingerprint density at radius 1 is 1.42 bits per heavy atom. The lowest BCUT2D eigenvalue weighted by atomic mass is 9.94. The van der Waals surface area contributed by atoms with Crippen LogP contribution in [-0.2, 0) is 6.42 Å². The zero-order valence-electron chi connectivity index (χ0n) is 10.2. The van der Waals surface area contributed by atoms with Gasteiger partial charge in [0.2, 0.25) is 0 Å². The maximum absolute atomic E-state index is 13.6. The number of halogens is 2. The van der Waals surface area contributed by atoms with Crippen LogP contribution < -0.4 is 11.1 Å². The third-order valence-electron chi connectivity index (χ3n) is 3.47. The molecule has 0 amide bonds. The summed E-state index contributed by atoms with van der Waals surface area (Å²) in [6.07, 6.45) is 3.36. The fourth-order valence-corrected chi connectivity index (χ4v) is 3.86. The average molecular weight is 341 g/mol. The van der Waals surface area contributed by atoms with E-state index in [2.05, 4.69) is 32.7 Å². The highest BCUT2D eigenvalue weighted by atomic mass is 79.9. The number of nitrogens with two attached hydrogens (primary N) is 1. The molecule has 0 fully saturated rings. The Balaban J connectivity index is 1.89. The first kappa shape index (κ1) is 12.9. The summed E-state index contributed by atoms with van der Waals surface area (Å²) in [6, 6.07) is 5.45. The summed E-state index contributed by atoms with van der Waals surface area (Å²) in [6.45, 7) is 0. The minimum atomic E-state index is -0.293. The van der Waals surface area contributed by atoms with Gasteiger partial charge in [-0.05, 0) is 58.3 Å². The van der Waals surface area contributed by atoms with E-state index in [9.17, 15) is 4.39 Å². The maximum atomic E-state index is 13.6. The molecular weight excluding hydrogens is 327 g/mol. The number of nitrogens with one attached hydrogen (secondary N) is 1. The van der Waals surface area contributed by atoms with Crippen molar-refractivity contribution < 1.29 is 4.39 Å². The third-order valence-corrected chi connectivity index (χ3v) is 5.08. The van der Waals surface area contributed by atoms with Gasteiger partial charge in [0.05, 0.1) is 21.9 Å². The molecule has 0 spiro atoms. The van der Waals surface area contributed by atoms with Gasteiger partial charge in [0.15, 0.2) is 0 Å². The van der Waals surface area contributed by atoms with Gasteiger partial charge in [-0.15, -0.1) is 11.3 Å². The van der Waals surface area contributed by atoms with Crippen molar-refractivity contribution in [1.29, 1.82) is 0 Å². The molecule has 0 aliphatic heterocycles. The Bertz CT molecular complexity index is 611. The number of rotatable bonds is 2. The molecule has 2 aromatic rings. The Labute approximate surface area is 124 Å². The first-order valence-electron chi connectivity index (χ1n) is 6.22. The fourth-order valence-electron chi connectivity index (χ4n) is 2.51. The fraction of sp³-hybridized carbons (Fsp3) is 0.286. The number of nitrogen functional groups attached to an aromatic ring is 1. The number of thiophene rings is 1. The van der Waals surface area contributed by atoms with Gasteiger partial charge in [-0.3, -0.25) is 0 Å². The minimum Gasteiger partial charge on any atom is -0.397 e. The van der Waals surface area contributed by atoms with Gasteiger partial charge in [-0.1, -0.05) is 0 Å². The molecule has 2 nitrogen and oxygen atoms in total. The van der Waals surface area contributed by atoms with Crippen LogP contribution in [0.2, 0.25) is 0 Å². The number of benzene rings is 1. The molecule has 0 radical (unpaired) electrons. The van der Waals surface area contributed by atoms with Crippen molar-refractivity contribution in [2.75, 3.05) is 11.1 Å². The predicted octanol–water partition coefficient (Wildman–Crippen LogP) is 4.72. The third kappa shape index (κ3) is 2.49. The van der Waals surface area contributed by atoms with E-state index in [1.165, 1.54) is 16.5 Å².